The molecule has 0 radical (unpaired) electrons. The van der Waals surface area contributed by atoms with Crippen LogP contribution >= 0.6 is 0 Å². The molecule has 0 unspecified atom stereocenters. The van der Waals surface area contributed by atoms with Crippen LogP contribution in [0.25, 0.3) is 6.08 Å². The molecule has 8 nitrogen and oxygen atoms in total. The summed E-state index contributed by atoms with van der Waals surface area (Å²) in [6, 6.07) is 12.6. The van der Waals surface area contributed by atoms with Gasteiger partial charge in [-0.05, 0) is 35.9 Å². The number of para-hydroxylation sites is 1. The number of hydrazone groups is 1. The van der Waals surface area contributed by atoms with Crippen molar-refractivity contribution >= 4 is 24.1 Å². The third-order valence-electron chi connectivity index (χ3n) is 3.78. The van der Waals surface area contributed by atoms with E-state index in [4.69, 9.17) is 14.2 Å². The Morgan fingerprint density at radius 3 is 2.86 bits per heavy atom. The highest BCUT2D eigenvalue weighted by molar-refractivity contribution is 5.94. The van der Waals surface area contributed by atoms with E-state index < -0.39 is 11.8 Å². The van der Waals surface area contributed by atoms with Gasteiger partial charge < -0.3 is 19.5 Å². The Morgan fingerprint density at radius 2 is 2.00 bits per heavy atom. The van der Waals surface area contributed by atoms with Gasteiger partial charge in [0.1, 0.15) is 5.75 Å². The van der Waals surface area contributed by atoms with Crippen LogP contribution in [0.1, 0.15) is 11.1 Å². The van der Waals surface area contributed by atoms with Crippen molar-refractivity contribution in [3.63, 3.8) is 0 Å². The molecule has 0 aliphatic carbocycles. The maximum atomic E-state index is 11.8. The number of ether oxygens (including phenoxy) is 3. The topological polar surface area (TPSA) is 98.2 Å². The summed E-state index contributed by atoms with van der Waals surface area (Å²) in [5, 5.41) is 6.34. The molecule has 3 rings (SSSR count). The summed E-state index contributed by atoms with van der Waals surface area (Å²) >= 11 is 0. The van der Waals surface area contributed by atoms with Gasteiger partial charge >= 0.3 is 0 Å². The van der Waals surface area contributed by atoms with Gasteiger partial charge in [-0.3, -0.25) is 9.59 Å². The molecule has 0 fully saturated rings. The molecule has 1 heterocycles. The van der Waals surface area contributed by atoms with Crippen LogP contribution in [0, 0.1) is 0 Å². The average Bonchev–Trinajstić information content (AvgIpc) is 3.19. The van der Waals surface area contributed by atoms with Crippen molar-refractivity contribution in [1.29, 1.82) is 0 Å². The van der Waals surface area contributed by atoms with Gasteiger partial charge in [-0.1, -0.05) is 18.2 Å². The first-order chi connectivity index (χ1) is 13.7. The van der Waals surface area contributed by atoms with Crippen molar-refractivity contribution in [2.75, 3.05) is 20.4 Å². The minimum Gasteiger partial charge on any atom is -0.496 e. The molecule has 0 atom stereocenters. The fraction of sp³-hybridized carbons (Fsp3) is 0.150. The Hall–Kier alpha value is -3.81. The Labute approximate surface area is 161 Å². The quantitative estimate of drug-likeness (QED) is 0.432. The van der Waals surface area contributed by atoms with E-state index >= 15 is 0 Å². The number of nitrogens with one attached hydrogen (secondary N) is 2. The number of hydrogen-bond acceptors (Lipinski definition) is 6. The first-order valence-electron chi connectivity index (χ1n) is 8.46. The summed E-state index contributed by atoms with van der Waals surface area (Å²) in [7, 11) is 1.56. The van der Waals surface area contributed by atoms with Crippen molar-refractivity contribution in [1.82, 2.24) is 10.7 Å². The van der Waals surface area contributed by atoms with E-state index in [1.165, 1.54) is 12.3 Å². The molecule has 0 spiro atoms. The molecule has 2 amide bonds. The number of rotatable bonds is 7. The van der Waals surface area contributed by atoms with Gasteiger partial charge in [0.2, 0.25) is 12.7 Å². The molecule has 0 bridgehead atoms. The van der Waals surface area contributed by atoms with E-state index in [0.29, 0.717) is 17.2 Å². The molecule has 28 heavy (non-hydrogen) atoms. The Kier molecular flexibility index (Phi) is 6.25. The van der Waals surface area contributed by atoms with E-state index in [0.717, 1.165) is 11.1 Å². The van der Waals surface area contributed by atoms with Crippen LogP contribution in [0.3, 0.4) is 0 Å². The maximum absolute atomic E-state index is 11.8. The normalized spacial score (nSPS) is 12.3. The Morgan fingerprint density at radius 1 is 1.18 bits per heavy atom. The number of methoxy groups -OCH3 is 1. The second kappa shape index (κ2) is 9.22. The molecule has 144 valence electrons. The van der Waals surface area contributed by atoms with E-state index in [1.807, 2.05) is 18.2 Å². The lowest BCUT2D eigenvalue weighted by Crippen LogP contribution is -2.34. The van der Waals surface area contributed by atoms with Crippen LogP contribution in [0.15, 0.2) is 53.6 Å². The molecular formula is C20H19N3O5. The van der Waals surface area contributed by atoms with Crippen molar-refractivity contribution in [3.8, 4) is 17.2 Å². The van der Waals surface area contributed by atoms with E-state index in [-0.39, 0.29) is 13.3 Å². The standard InChI is InChI=1S/C20H19N3O5/c1-26-16-5-3-2-4-15(16)7-9-19(24)21-12-20(25)23-22-11-14-6-8-17-18(10-14)28-13-27-17/h2-11H,12-13H2,1H3,(H,21,24)(H,23,25)/b9-7+,22-11-. The number of amides is 2. The zero-order chi connectivity index (χ0) is 19.8. The average molecular weight is 381 g/mol. The molecule has 0 saturated carbocycles. The zero-order valence-electron chi connectivity index (χ0n) is 15.2. The fourth-order valence-electron chi connectivity index (χ4n) is 2.41. The summed E-state index contributed by atoms with van der Waals surface area (Å²) in [4.78, 5) is 23.6. The smallest absolute Gasteiger partial charge is 0.259 e. The predicted molar refractivity (Wildman–Crippen MR) is 103 cm³/mol. The van der Waals surface area contributed by atoms with E-state index in [9.17, 15) is 9.59 Å². The van der Waals surface area contributed by atoms with Gasteiger partial charge in [-0.25, -0.2) is 5.43 Å². The molecule has 2 N–H and O–H groups in total. The van der Waals surface area contributed by atoms with Crippen molar-refractivity contribution in [2.45, 2.75) is 0 Å². The molecule has 8 heteroatoms. The monoisotopic (exact) mass is 381 g/mol. The first-order valence-corrected chi connectivity index (χ1v) is 8.46. The Balaban J connectivity index is 1.43. The lowest BCUT2D eigenvalue weighted by atomic mass is 10.2. The van der Waals surface area contributed by atoms with Gasteiger partial charge in [0.15, 0.2) is 11.5 Å². The maximum Gasteiger partial charge on any atom is 0.259 e. The largest absolute Gasteiger partial charge is 0.496 e. The third kappa shape index (κ3) is 5.10. The van der Waals surface area contributed by atoms with Crippen LogP contribution in [0.4, 0.5) is 0 Å². The summed E-state index contributed by atoms with van der Waals surface area (Å²) in [6.45, 7) is -0.00849. The van der Waals surface area contributed by atoms with Crippen LogP contribution in [0.2, 0.25) is 0 Å². The number of hydrogen-bond donors (Lipinski definition) is 2. The molecule has 0 aromatic heterocycles. The van der Waals surface area contributed by atoms with Crippen molar-refractivity contribution in [3.05, 3.63) is 59.7 Å². The lowest BCUT2D eigenvalue weighted by molar-refractivity contribution is -0.123. The number of benzene rings is 2. The highest BCUT2D eigenvalue weighted by atomic mass is 16.7. The van der Waals surface area contributed by atoms with Gasteiger partial charge in [-0.2, -0.15) is 5.10 Å². The zero-order valence-corrected chi connectivity index (χ0v) is 15.2. The van der Waals surface area contributed by atoms with Crippen LogP contribution in [-0.4, -0.2) is 38.5 Å². The molecule has 2 aromatic carbocycles. The van der Waals surface area contributed by atoms with Gasteiger partial charge in [0.05, 0.1) is 19.9 Å². The third-order valence-corrected chi connectivity index (χ3v) is 3.78. The van der Waals surface area contributed by atoms with Gasteiger partial charge in [0.25, 0.3) is 5.91 Å². The molecule has 2 aromatic rings. The van der Waals surface area contributed by atoms with Gasteiger partial charge in [0, 0.05) is 11.6 Å². The minimum absolute atomic E-state index is 0.192. The number of nitrogens with zero attached hydrogens (tertiary/aromatic N) is 1. The predicted octanol–water partition coefficient (Wildman–Crippen LogP) is 1.70. The van der Waals surface area contributed by atoms with E-state index in [1.54, 1.807) is 37.5 Å². The number of carbonyl (C=O) groups excluding carboxylic acids is 2. The summed E-state index contributed by atoms with van der Waals surface area (Å²) < 4.78 is 15.7. The number of fused-ring (bicyclic) bond motifs is 1. The van der Waals surface area contributed by atoms with Crippen LogP contribution in [0.5, 0.6) is 17.2 Å². The van der Waals surface area contributed by atoms with Gasteiger partial charge in [-0.15, -0.1) is 0 Å². The van der Waals surface area contributed by atoms with E-state index in [2.05, 4.69) is 15.8 Å². The summed E-state index contributed by atoms with van der Waals surface area (Å²) in [5.41, 5.74) is 3.85. The Bertz CT molecular complexity index is 924. The fourth-order valence-corrected chi connectivity index (χ4v) is 2.41. The number of carbonyl (C=O) groups is 2. The SMILES string of the molecule is COc1ccccc1/C=C/C(=O)NCC(=O)N/N=C\c1ccc2c(c1)OCO2. The second-order valence-electron chi connectivity index (χ2n) is 5.70. The van der Waals surface area contributed by atoms with Crippen LogP contribution in [-0.2, 0) is 9.59 Å². The second-order valence-corrected chi connectivity index (χ2v) is 5.70. The summed E-state index contributed by atoms with van der Waals surface area (Å²) in [5.74, 6) is 1.11. The lowest BCUT2D eigenvalue weighted by Gasteiger charge is -2.04. The molecule has 1 aliphatic rings. The summed E-state index contributed by atoms with van der Waals surface area (Å²) in [6.07, 6.45) is 4.42. The highest BCUT2D eigenvalue weighted by Gasteiger charge is 2.12. The van der Waals surface area contributed by atoms with Crippen LogP contribution < -0.4 is 25.0 Å². The highest BCUT2D eigenvalue weighted by Crippen LogP contribution is 2.31. The minimum atomic E-state index is -0.448. The molecule has 0 saturated heterocycles. The molecular weight excluding hydrogens is 362 g/mol. The first kappa shape index (κ1) is 19.0. The van der Waals surface area contributed by atoms with Crippen molar-refractivity contribution in [2.24, 2.45) is 5.10 Å². The van der Waals surface area contributed by atoms with Crippen molar-refractivity contribution < 1.29 is 23.8 Å². The molecule has 1 aliphatic heterocycles.